The topological polar surface area (TPSA) is 76.1 Å². The fourth-order valence-corrected chi connectivity index (χ4v) is 5.82. The summed E-state index contributed by atoms with van der Waals surface area (Å²) in [5.74, 6) is -0.612. The lowest BCUT2D eigenvalue weighted by Crippen LogP contribution is -2.46. The third-order valence-corrected chi connectivity index (χ3v) is 7.12. The minimum Gasteiger partial charge on any atom is -0.345 e. The Morgan fingerprint density at radius 1 is 1.33 bits per heavy atom. The van der Waals surface area contributed by atoms with E-state index in [9.17, 15) is 17.6 Å². The summed E-state index contributed by atoms with van der Waals surface area (Å²) in [6.45, 7) is 3.47. The molecule has 3 rings (SSSR count). The molecule has 1 N–H and O–H groups in total. The number of sulfone groups is 1. The largest absolute Gasteiger partial charge is 0.345 e. The molecule has 8 heteroatoms. The average Bonchev–Trinajstić information content (AvgIpc) is 3.00. The summed E-state index contributed by atoms with van der Waals surface area (Å²) >= 11 is 1.21. The third kappa shape index (κ3) is 3.49. The van der Waals surface area contributed by atoms with Gasteiger partial charge in [0.25, 0.3) is 5.91 Å². The van der Waals surface area contributed by atoms with Gasteiger partial charge >= 0.3 is 0 Å². The number of nitrogens with zero attached hydrogens (tertiary/aromatic N) is 1. The van der Waals surface area contributed by atoms with Crippen LogP contribution in [0.3, 0.4) is 0 Å². The quantitative estimate of drug-likeness (QED) is 0.903. The third-order valence-electron chi connectivity index (χ3n) is 4.01. The van der Waals surface area contributed by atoms with Crippen LogP contribution in [0.2, 0.25) is 0 Å². The number of aryl methyl sites for hydroxylation is 1. The standard InChI is InChI=1S/C16H17FN2O3S2/c1-10-13(14(20)19-16(2)7-8-24(21,22)9-16)23-15(18-10)11-3-5-12(17)6-4-11/h3-6H,7-9H2,1-2H3,(H,19,20)/t16-/m1/s1. The Kier molecular flexibility index (Phi) is 4.21. The van der Waals surface area contributed by atoms with Crippen molar-refractivity contribution in [1.82, 2.24) is 10.3 Å². The summed E-state index contributed by atoms with van der Waals surface area (Å²) in [5.41, 5.74) is 0.557. The zero-order valence-corrected chi connectivity index (χ0v) is 14.9. The first-order valence-electron chi connectivity index (χ1n) is 7.44. The normalized spacial score (nSPS) is 22.5. The van der Waals surface area contributed by atoms with E-state index >= 15 is 0 Å². The summed E-state index contributed by atoms with van der Waals surface area (Å²) < 4.78 is 36.3. The smallest absolute Gasteiger partial charge is 0.263 e. The number of benzene rings is 1. The van der Waals surface area contributed by atoms with Crippen LogP contribution >= 0.6 is 11.3 Å². The highest BCUT2D eigenvalue weighted by molar-refractivity contribution is 7.91. The van der Waals surface area contributed by atoms with Crippen molar-refractivity contribution in [3.63, 3.8) is 0 Å². The van der Waals surface area contributed by atoms with Crippen LogP contribution in [0.4, 0.5) is 4.39 Å². The van der Waals surface area contributed by atoms with Crippen LogP contribution in [0.1, 0.15) is 28.7 Å². The van der Waals surface area contributed by atoms with Gasteiger partial charge in [-0.05, 0) is 44.5 Å². The molecule has 5 nitrogen and oxygen atoms in total. The summed E-state index contributed by atoms with van der Waals surface area (Å²) in [7, 11) is -3.10. The van der Waals surface area contributed by atoms with Gasteiger partial charge in [-0.3, -0.25) is 4.79 Å². The van der Waals surface area contributed by atoms with E-state index in [0.717, 1.165) is 5.56 Å². The van der Waals surface area contributed by atoms with Gasteiger partial charge in [-0.15, -0.1) is 11.3 Å². The van der Waals surface area contributed by atoms with Gasteiger partial charge in [0.05, 0.1) is 22.7 Å². The first kappa shape index (κ1) is 17.0. The van der Waals surface area contributed by atoms with Gasteiger partial charge in [0.1, 0.15) is 15.7 Å². The Bertz CT molecular complexity index is 891. The zero-order chi connectivity index (χ0) is 17.5. The van der Waals surface area contributed by atoms with Crippen LogP contribution in [0.5, 0.6) is 0 Å². The fourth-order valence-electron chi connectivity index (χ4n) is 2.76. The maximum absolute atomic E-state index is 13.0. The molecule has 1 aromatic carbocycles. The molecule has 1 aliphatic heterocycles. The number of carbonyl (C=O) groups excluding carboxylic acids is 1. The monoisotopic (exact) mass is 368 g/mol. The van der Waals surface area contributed by atoms with Gasteiger partial charge in [0.15, 0.2) is 9.84 Å². The molecule has 1 amide bonds. The van der Waals surface area contributed by atoms with E-state index in [0.29, 0.717) is 22.0 Å². The van der Waals surface area contributed by atoms with E-state index in [1.807, 2.05) is 0 Å². The van der Waals surface area contributed by atoms with Crippen LogP contribution in [0.25, 0.3) is 10.6 Å². The van der Waals surface area contributed by atoms with Gasteiger partial charge in [0.2, 0.25) is 0 Å². The number of amides is 1. The second kappa shape index (κ2) is 5.93. The van der Waals surface area contributed by atoms with Crippen molar-refractivity contribution in [2.75, 3.05) is 11.5 Å². The lowest BCUT2D eigenvalue weighted by atomic mass is 10.0. The molecule has 1 fully saturated rings. The number of aromatic nitrogens is 1. The molecule has 1 atom stereocenters. The molecule has 1 saturated heterocycles. The number of rotatable bonds is 3. The van der Waals surface area contributed by atoms with Crippen LogP contribution in [0.15, 0.2) is 24.3 Å². The van der Waals surface area contributed by atoms with Gasteiger partial charge < -0.3 is 5.32 Å². The van der Waals surface area contributed by atoms with Gasteiger partial charge in [-0.1, -0.05) is 0 Å². The molecule has 24 heavy (non-hydrogen) atoms. The lowest BCUT2D eigenvalue weighted by molar-refractivity contribution is 0.0919. The molecule has 0 aliphatic carbocycles. The number of halogens is 1. The predicted octanol–water partition coefficient (Wildman–Crippen LogP) is 2.56. The molecule has 0 unspecified atom stereocenters. The highest BCUT2D eigenvalue weighted by Gasteiger charge is 2.40. The summed E-state index contributed by atoms with van der Waals surface area (Å²) in [5, 5.41) is 3.46. The highest BCUT2D eigenvalue weighted by Crippen LogP contribution is 2.29. The van der Waals surface area contributed by atoms with Crippen LogP contribution in [0, 0.1) is 12.7 Å². The minimum atomic E-state index is -3.10. The predicted molar refractivity (Wildman–Crippen MR) is 91.4 cm³/mol. The number of hydrogen-bond donors (Lipinski definition) is 1. The number of carbonyl (C=O) groups is 1. The Balaban J connectivity index is 1.82. The van der Waals surface area contributed by atoms with Crippen molar-refractivity contribution >= 4 is 27.1 Å². The summed E-state index contributed by atoms with van der Waals surface area (Å²) in [6, 6.07) is 5.91. The van der Waals surface area contributed by atoms with Gasteiger partial charge in [-0.2, -0.15) is 0 Å². The van der Waals surface area contributed by atoms with Crippen molar-refractivity contribution in [2.45, 2.75) is 25.8 Å². The van der Waals surface area contributed by atoms with Gasteiger partial charge in [-0.25, -0.2) is 17.8 Å². The van der Waals surface area contributed by atoms with Gasteiger partial charge in [0, 0.05) is 5.56 Å². The van der Waals surface area contributed by atoms with Crippen LogP contribution < -0.4 is 5.32 Å². The molecule has 1 aromatic heterocycles. The van der Waals surface area contributed by atoms with E-state index in [4.69, 9.17) is 0 Å². The molecule has 2 aromatic rings. The SMILES string of the molecule is Cc1nc(-c2ccc(F)cc2)sc1C(=O)N[C@]1(C)CCS(=O)(=O)C1. The first-order chi connectivity index (χ1) is 11.2. The fraction of sp³-hybridized carbons (Fsp3) is 0.375. The Hall–Kier alpha value is -1.80. The van der Waals surface area contributed by atoms with Crippen molar-refractivity contribution in [3.8, 4) is 10.6 Å². The lowest BCUT2D eigenvalue weighted by Gasteiger charge is -2.23. The second-order valence-corrected chi connectivity index (χ2v) is 9.48. The molecule has 0 spiro atoms. The molecule has 1 aliphatic rings. The first-order valence-corrected chi connectivity index (χ1v) is 10.1. The Morgan fingerprint density at radius 3 is 2.58 bits per heavy atom. The molecular formula is C16H17FN2O3S2. The highest BCUT2D eigenvalue weighted by atomic mass is 32.2. The maximum atomic E-state index is 13.0. The molecular weight excluding hydrogens is 351 g/mol. The maximum Gasteiger partial charge on any atom is 0.263 e. The second-order valence-electron chi connectivity index (χ2n) is 6.30. The van der Waals surface area contributed by atoms with Crippen molar-refractivity contribution < 1.29 is 17.6 Å². The summed E-state index contributed by atoms with van der Waals surface area (Å²) in [4.78, 5) is 17.4. The van der Waals surface area contributed by atoms with Crippen molar-refractivity contribution in [1.29, 1.82) is 0 Å². The van der Waals surface area contributed by atoms with Crippen molar-refractivity contribution in [3.05, 3.63) is 40.7 Å². The molecule has 128 valence electrons. The molecule has 0 radical (unpaired) electrons. The molecule has 2 heterocycles. The van der Waals surface area contributed by atoms with E-state index in [1.165, 1.54) is 23.5 Å². The average molecular weight is 368 g/mol. The molecule has 0 saturated carbocycles. The van der Waals surface area contributed by atoms with E-state index < -0.39 is 15.4 Å². The van der Waals surface area contributed by atoms with E-state index in [1.54, 1.807) is 26.0 Å². The number of thiazole rings is 1. The Labute approximate surface area is 143 Å². The number of hydrogen-bond acceptors (Lipinski definition) is 5. The number of nitrogens with one attached hydrogen (secondary N) is 1. The summed E-state index contributed by atoms with van der Waals surface area (Å²) in [6.07, 6.45) is 0.406. The van der Waals surface area contributed by atoms with E-state index in [2.05, 4.69) is 10.3 Å². The van der Waals surface area contributed by atoms with E-state index in [-0.39, 0.29) is 23.2 Å². The zero-order valence-electron chi connectivity index (χ0n) is 13.3. The van der Waals surface area contributed by atoms with Crippen LogP contribution in [-0.2, 0) is 9.84 Å². The van der Waals surface area contributed by atoms with Crippen LogP contribution in [-0.4, -0.2) is 36.4 Å². The minimum absolute atomic E-state index is 0.0472. The molecule has 0 bridgehead atoms. The van der Waals surface area contributed by atoms with Crippen molar-refractivity contribution in [2.24, 2.45) is 0 Å². The Morgan fingerprint density at radius 2 is 2.00 bits per heavy atom.